The summed E-state index contributed by atoms with van der Waals surface area (Å²) in [5.74, 6) is -0.904. The van der Waals surface area contributed by atoms with E-state index in [1.807, 2.05) is 24.3 Å². The summed E-state index contributed by atoms with van der Waals surface area (Å²) >= 11 is 5.83. The molecule has 0 atom stereocenters. The summed E-state index contributed by atoms with van der Waals surface area (Å²) in [5, 5.41) is 11.2. The van der Waals surface area contributed by atoms with Crippen LogP contribution in [0, 0.1) is 5.82 Å². The molecule has 31 heavy (non-hydrogen) atoms. The third-order valence-electron chi connectivity index (χ3n) is 4.84. The minimum Gasteiger partial charge on any atom is -0.346 e. The Balaban J connectivity index is 1.69. The maximum atomic E-state index is 13.4. The molecule has 6 nitrogen and oxygen atoms in total. The van der Waals surface area contributed by atoms with Crippen LogP contribution in [0.4, 0.5) is 4.39 Å². The number of aryl methyl sites for hydroxylation is 1. The second kappa shape index (κ2) is 9.06. The minimum atomic E-state index is -0.506. The monoisotopic (exact) mass is 435 g/mol. The third kappa shape index (κ3) is 4.46. The van der Waals surface area contributed by atoms with Crippen LogP contribution in [0.25, 0.3) is 16.9 Å². The van der Waals surface area contributed by atoms with Gasteiger partial charge in [-0.3, -0.25) is 9.78 Å². The summed E-state index contributed by atoms with van der Waals surface area (Å²) in [6.07, 6.45) is 4.18. The van der Waals surface area contributed by atoms with E-state index in [0.717, 1.165) is 23.2 Å². The van der Waals surface area contributed by atoms with Gasteiger partial charge >= 0.3 is 0 Å². The highest BCUT2D eigenvalue weighted by Crippen LogP contribution is 2.25. The van der Waals surface area contributed by atoms with E-state index in [2.05, 4.69) is 27.5 Å². The molecule has 1 N–H and O–H groups in total. The molecule has 2 heterocycles. The van der Waals surface area contributed by atoms with Gasteiger partial charge in [-0.05, 0) is 53.9 Å². The van der Waals surface area contributed by atoms with Gasteiger partial charge in [-0.2, -0.15) is 0 Å². The molecule has 0 aliphatic rings. The van der Waals surface area contributed by atoms with Gasteiger partial charge in [0.15, 0.2) is 5.69 Å². The highest BCUT2D eigenvalue weighted by Gasteiger charge is 2.22. The number of amides is 1. The normalized spacial score (nSPS) is 10.8. The Hall–Kier alpha value is -3.58. The lowest BCUT2D eigenvalue weighted by Crippen LogP contribution is -2.24. The number of halogens is 2. The molecule has 4 aromatic rings. The van der Waals surface area contributed by atoms with Gasteiger partial charge in [0.25, 0.3) is 5.91 Å². The molecule has 4 rings (SSSR count). The van der Waals surface area contributed by atoms with Crippen molar-refractivity contribution in [3.63, 3.8) is 0 Å². The molecule has 8 heteroatoms. The van der Waals surface area contributed by atoms with Crippen molar-refractivity contribution in [2.24, 2.45) is 0 Å². The molecule has 0 fully saturated rings. The SMILES string of the molecule is CCc1cccc(-n2nnc(C(=O)NCc3ccc(F)c(Cl)c3)c2-c2ccncc2)c1. The zero-order chi connectivity index (χ0) is 21.8. The number of benzene rings is 2. The standard InChI is InChI=1S/C23H19ClFN5O/c1-2-15-4-3-5-18(12-15)30-22(17-8-10-26-11-9-17)21(28-29-30)23(31)27-14-16-6-7-20(25)19(24)13-16/h3-13H,2,14H2,1H3,(H,27,31). The summed E-state index contributed by atoms with van der Waals surface area (Å²) in [7, 11) is 0. The van der Waals surface area contributed by atoms with Crippen LogP contribution in [-0.2, 0) is 13.0 Å². The maximum Gasteiger partial charge on any atom is 0.274 e. The summed E-state index contributed by atoms with van der Waals surface area (Å²) in [6.45, 7) is 2.25. The number of rotatable bonds is 6. The van der Waals surface area contributed by atoms with E-state index >= 15 is 0 Å². The molecule has 1 amide bonds. The first-order chi connectivity index (χ1) is 15.1. The second-order valence-corrected chi connectivity index (χ2v) is 7.30. The molecule has 2 aromatic heterocycles. The van der Waals surface area contributed by atoms with Gasteiger partial charge in [-0.15, -0.1) is 5.10 Å². The molecule has 0 saturated heterocycles. The van der Waals surface area contributed by atoms with Gasteiger partial charge < -0.3 is 5.32 Å². The van der Waals surface area contributed by atoms with Gasteiger partial charge in [0.2, 0.25) is 0 Å². The van der Waals surface area contributed by atoms with E-state index < -0.39 is 11.7 Å². The number of nitrogens with one attached hydrogen (secondary N) is 1. The highest BCUT2D eigenvalue weighted by molar-refractivity contribution is 6.30. The Morgan fingerprint density at radius 3 is 2.65 bits per heavy atom. The molecule has 0 aliphatic heterocycles. The summed E-state index contributed by atoms with van der Waals surface area (Å²) in [4.78, 5) is 17.0. The van der Waals surface area contributed by atoms with Crippen molar-refractivity contribution in [3.05, 3.63) is 94.7 Å². The van der Waals surface area contributed by atoms with E-state index in [4.69, 9.17) is 11.6 Å². The topological polar surface area (TPSA) is 72.7 Å². The van der Waals surface area contributed by atoms with Crippen LogP contribution in [-0.4, -0.2) is 25.9 Å². The van der Waals surface area contributed by atoms with Crippen molar-refractivity contribution in [1.82, 2.24) is 25.3 Å². The number of nitrogens with zero attached hydrogens (tertiary/aromatic N) is 4. The zero-order valence-electron chi connectivity index (χ0n) is 16.7. The summed E-state index contributed by atoms with van der Waals surface area (Å²) in [5.41, 5.74) is 4.13. The van der Waals surface area contributed by atoms with E-state index in [0.29, 0.717) is 11.3 Å². The van der Waals surface area contributed by atoms with Crippen LogP contribution < -0.4 is 5.32 Å². The summed E-state index contributed by atoms with van der Waals surface area (Å²) in [6, 6.07) is 15.8. The summed E-state index contributed by atoms with van der Waals surface area (Å²) < 4.78 is 15.0. The third-order valence-corrected chi connectivity index (χ3v) is 5.13. The first-order valence-electron chi connectivity index (χ1n) is 9.74. The van der Waals surface area contributed by atoms with Crippen LogP contribution in [0.15, 0.2) is 67.0 Å². The van der Waals surface area contributed by atoms with Crippen molar-refractivity contribution >= 4 is 17.5 Å². The molecule has 0 spiro atoms. The number of hydrogen-bond acceptors (Lipinski definition) is 4. The zero-order valence-corrected chi connectivity index (χ0v) is 17.5. The van der Waals surface area contributed by atoms with Crippen molar-refractivity contribution in [2.75, 3.05) is 0 Å². The van der Waals surface area contributed by atoms with E-state index in [1.165, 1.54) is 12.1 Å². The van der Waals surface area contributed by atoms with Gasteiger partial charge in [0.05, 0.1) is 10.7 Å². The molecule has 0 radical (unpaired) electrons. The lowest BCUT2D eigenvalue weighted by atomic mass is 10.1. The van der Waals surface area contributed by atoms with Gasteiger partial charge in [0, 0.05) is 24.5 Å². The van der Waals surface area contributed by atoms with Crippen LogP contribution in [0.5, 0.6) is 0 Å². The van der Waals surface area contributed by atoms with Gasteiger partial charge in [0.1, 0.15) is 11.5 Å². The Morgan fingerprint density at radius 2 is 1.90 bits per heavy atom. The number of carbonyl (C=O) groups excluding carboxylic acids is 1. The Morgan fingerprint density at radius 1 is 1.10 bits per heavy atom. The van der Waals surface area contributed by atoms with Crippen LogP contribution in [0.2, 0.25) is 5.02 Å². The number of carbonyl (C=O) groups is 1. The number of pyridine rings is 1. The smallest absolute Gasteiger partial charge is 0.274 e. The fourth-order valence-electron chi connectivity index (χ4n) is 3.21. The lowest BCUT2D eigenvalue weighted by molar-refractivity contribution is 0.0946. The second-order valence-electron chi connectivity index (χ2n) is 6.89. The van der Waals surface area contributed by atoms with Crippen LogP contribution >= 0.6 is 11.6 Å². The fraction of sp³-hybridized carbons (Fsp3) is 0.130. The largest absolute Gasteiger partial charge is 0.346 e. The Bertz CT molecular complexity index is 1230. The first-order valence-corrected chi connectivity index (χ1v) is 10.1. The van der Waals surface area contributed by atoms with Crippen molar-refractivity contribution in [3.8, 4) is 16.9 Å². The van der Waals surface area contributed by atoms with Crippen LogP contribution in [0.3, 0.4) is 0 Å². The van der Waals surface area contributed by atoms with Crippen molar-refractivity contribution in [2.45, 2.75) is 19.9 Å². The van der Waals surface area contributed by atoms with Gasteiger partial charge in [-0.1, -0.05) is 41.9 Å². The first kappa shape index (κ1) is 20.7. The quantitative estimate of drug-likeness (QED) is 0.480. The van der Waals surface area contributed by atoms with Crippen LogP contribution in [0.1, 0.15) is 28.5 Å². The maximum absolute atomic E-state index is 13.4. The van der Waals surface area contributed by atoms with Crippen molar-refractivity contribution in [1.29, 1.82) is 0 Å². The predicted molar refractivity (Wildman–Crippen MR) is 117 cm³/mol. The molecule has 2 aromatic carbocycles. The Kier molecular flexibility index (Phi) is 6.04. The Labute approximate surface area is 183 Å². The molecule has 0 unspecified atom stereocenters. The number of aromatic nitrogens is 4. The van der Waals surface area contributed by atoms with E-state index in [1.54, 1.807) is 35.3 Å². The van der Waals surface area contributed by atoms with E-state index in [9.17, 15) is 9.18 Å². The van der Waals surface area contributed by atoms with Crippen molar-refractivity contribution < 1.29 is 9.18 Å². The average Bonchev–Trinajstić information content (AvgIpc) is 3.25. The molecule has 0 saturated carbocycles. The number of hydrogen-bond donors (Lipinski definition) is 1. The molecule has 0 aliphatic carbocycles. The fourth-order valence-corrected chi connectivity index (χ4v) is 3.41. The van der Waals surface area contributed by atoms with Gasteiger partial charge in [-0.25, -0.2) is 9.07 Å². The highest BCUT2D eigenvalue weighted by atomic mass is 35.5. The predicted octanol–water partition coefficient (Wildman–Crippen LogP) is 4.61. The molecular formula is C23H19ClFN5O. The molecule has 0 bridgehead atoms. The molecule has 156 valence electrons. The average molecular weight is 436 g/mol. The lowest BCUT2D eigenvalue weighted by Gasteiger charge is -2.10. The molecular weight excluding hydrogens is 417 g/mol. The minimum absolute atomic E-state index is 0.00553. The van der Waals surface area contributed by atoms with E-state index in [-0.39, 0.29) is 17.3 Å².